The van der Waals surface area contributed by atoms with Gasteiger partial charge in [-0.3, -0.25) is 0 Å². The van der Waals surface area contributed by atoms with Crippen LogP contribution in [0.1, 0.15) is 39.5 Å². The summed E-state index contributed by atoms with van der Waals surface area (Å²) in [6, 6.07) is 11.2. The number of benzene rings is 1. The van der Waals surface area contributed by atoms with E-state index < -0.39 is 4.49 Å². The van der Waals surface area contributed by atoms with E-state index in [-0.39, 0.29) is 0 Å². The van der Waals surface area contributed by atoms with Gasteiger partial charge in [-0.2, -0.15) is 0 Å². The molecule has 0 saturated heterocycles. The van der Waals surface area contributed by atoms with Gasteiger partial charge in [0.15, 0.2) is 0 Å². The number of unbranched alkanes of at least 4 members (excludes halogenated alkanes) is 2. The molecule has 0 saturated carbocycles. The number of hydrogen-bond acceptors (Lipinski definition) is 0. The van der Waals surface area contributed by atoms with Gasteiger partial charge in [-0.15, -0.1) is 0 Å². The third kappa shape index (κ3) is 4.37. The summed E-state index contributed by atoms with van der Waals surface area (Å²) in [4.78, 5) is 0. The Hall–Kier alpha value is 0.440. The van der Waals surface area contributed by atoms with Crippen LogP contribution < -0.4 is 5.30 Å². The first-order chi connectivity index (χ1) is 7.73. The van der Waals surface area contributed by atoms with Crippen LogP contribution >= 0.6 is 4.49 Å². The second kappa shape index (κ2) is 7.71. The third-order valence-electron chi connectivity index (χ3n) is 2.97. The second-order valence-electron chi connectivity index (χ2n) is 4.38. The Morgan fingerprint density at radius 3 is 1.88 bits per heavy atom. The van der Waals surface area contributed by atoms with Crippen LogP contribution in [0.25, 0.3) is 0 Å². The molecule has 90 valence electrons. The van der Waals surface area contributed by atoms with E-state index >= 15 is 0 Å². The van der Waals surface area contributed by atoms with Crippen molar-refractivity contribution in [2.75, 3.05) is 12.3 Å². The Kier molecular flexibility index (Phi) is 6.98. The van der Waals surface area contributed by atoms with E-state index in [1.54, 1.807) is 5.30 Å². The summed E-state index contributed by atoms with van der Waals surface area (Å²) in [5.74, 6) is 0. The maximum absolute atomic E-state index is 2.47. The number of rotatable bonds is 7. The monoisotopic (exact) mass is 352 g/mol. The van der Waals surface area contributed by atoms with Crippen LogP contribution in [-0.2, 0) is 0 Å². The maximum atomic E-state index is 2.47. The molecular formula is C14H23PTe. The molecule has 0 nitrogen and oxygen atoms in total. The van der Waals surface area contributed by atoms with Crippen LogP contribution in [-0.4, -0.2) is 33.6 Å². The average Bonchev–Trinajstić information content (AvgIpc) is 2.35. The Balaban J connectivity index is 2.82. The molecule has 0 atom stereocenters. The Bertz CT molecular complexity index is 320. The predicted octanol–water partition coefficient (Wildman–Crippen LogP) is 4.01. The van der Waals surface area contributed by atoms with E-state index in [0.29, 0.717) is 0 Å². The fourth-order valence-electron chi connectivity index (χ4n) is 1.90. The van der Waals surface area contributed by atoms with Crippen LogP contribution in [0.5, 0.6) is 0 Å². The molecule has 0 aliphatic heterocycles. The Labute approximate surface area is 113 Å². The van der Waals surface area contributed by atoms with E-state index in [2.05, 4.69) is 65.4 Å². The van der Waals surface area contributed by atoms with Crippen molar-refractivity contribution in [2.45, 2.75) is 39.5 Å². The zero-order valence-electron chi connectivity index (χ0n) is 10.5. The molecule has 0 N–H and O–H groups in total. The van der Waals surface area contributed by atoms with Gasteiger partial charge in [-0.25, -0.2) is 0 Å². The van der Waals surface area contributed by atoms with Gasteiger partial charge in [0.25, 0.3) is 0 Å². The molecule has 0 aliphatic rings. The standard InChI is InChI=1S/C14H23PTe/c1-3-5-12-15(16,13-6-4-2)14-10-8-7-9-11-14/h7-11H,3-6,12-13H2,1-2H3. The summed E-state index contributed by atoms with van der Waals surface area (Å²) >= 11 is 2.47. The van der Waals surface area contributed by atoms with E-state index in [1.165, 1.54) is 38.0 Å². The molecule has 16 heavy (non-hydrogen) atoms. The van der Waals surface area contributed by atoms with Crippen molar-refractivity contribution in [3.8, 4) is 0 Å². The Morgan fingerprint density at radius 2 is 1.44 bits per heavy atom. The predicted molar refractivity (Wildman–Crippen MR) is 78.3 cm³/mol. The zero-order chi connectivity index (χ0) is 11.9. The molecule has 0 fully saturated rings. The van der Waals surface area contributed by atoms with Crippen LogP contribution in [0.4, 0.5) is 0 Å². The average molecular weight is 350 g/mol. The fourth-order valence-corrected chi connectivity index (χ4v) is 8.26. The van der Waals surface area contributed by atoms with Gasteiger partial charge < -0.3 is 0 Å². The van der Waals surface area contributed by atoms with Crippen LogP contribution in [0, 0.1) is 0 Å². The zero-order valence-corrected chi connectivity index (χ0v) is 13.7. The summed E-state index contributed by atoms with van der Waals surface area (Å²) in [6.45, 7) is 4.60. The summed E-state index contributed by atoms with van der Waals surface area (Å²) in [7, 11) is 0. The summed E-state index contributed by atoms with van der Waals surface area (Å²) in [5, 5.41) is 1.64. The van der Waals surface area contributed by atoms with E-state index in [4.69, 9.17) is 0 Å². The molecule has 1 aromatic carbocycles. The molecule has 1 rings (SSSR count). The second-order valence-corrected chi connectivity index (χ2v) is 13.6. The molecule has 0 amide bonds. The normalized spacial score (nSPS) is 11.6. The molecule has 1 aromatic rings. The van der Waals surface area contributed by atoms with Crippen LogP contribution in [0.3, 0.4) is 0 Å². The van der Waals surface area contributed by atoms with Gasteiger partial charge in [-0.05, 0) is 0 Å². The minimum atomic E-state index is -0.845. The molecule has 0 unspecified atom stereocenters. The first-order valence-electron chi connectivity index (χ1n) is 6.36. The molecule has 0 heterocycles. The van der Waals surface area contributed by atoms with Gasteiger partial charge in [0.2, 0.25) is 0 Å². The van der Waals surface area contributed by atoms with Crippen molar-refractivity contribution in [1.82, 2.24) is 0 Å². The first kappa shape index (κ1) is 14.5. The number of hydrogen-bond donors (Lipinski definition) is 0. The molecule has 0 aliphatic carbocycles. The molecule has 0 aromatic heterocycles. The molecule has 2 heteroatoms. The van der Waals surface area contributed by atoms with Crippen molar-refractivity contribution in [2.24, 2.45) is 0 Å². The van der Waals surface area contributed by atoms with Gasteiger partial charge in [0, 0.05) is 0 Å². The minimum absolute atomic E-state index is 0.845. The van der Waals surface area contributed by atoms with Gasteiger partial charge >= 0.3 is 113 Å². The van der Waals surface area contributed by atoms with Crippen molar-refractivity contribution in [1.29, 1.82) is 0 Å². The third-order valence-corrected chi connectivity index (χ3v) is 11.2. The quantitative estimate of drug-likeness (QED) is 0.515. The van der Waals surface area contributed by atoms with E-state index in [0.717, 1.165) is 0 Å². The summed E-state index contributed by atoms with van der Waals surface area (Å²) < 4.78 is -0.845. The van der Waals surface area contributed by atoms with Crippen LogP contribution in [0.2, 0.25) is 0 Å². The van der Waals surface area contributed by atoms with E-state index in [9.17, 15) is 0 Å². The molecule has 0 radical (unpaired) electrons. The van der Waals surface area contributed by atoms with Gasteiger partial charge in [0.1, 0.15) is 0 Å². The summed E-state index contributed by atoms with van der Waals surface area (Å²) in [6.07, 6.45) is 8.33. The van der Waals surface area contributed by atoms with Gasteiger partial charge in [0.05, 0.1) is 0 Å². The van der Waals surface area contributed by atoms with Crippen molar-refractivity contribution >= 4 is 31.0 Å². The Morgan fingerprint density at radius 1 is 0.938 bits per heavy atom. The van der Waals surface area contributed by atoms with E-state index in [1.807, 2.05) is 0 Å². The molecule has 0 spiro atoms. The summed E-state index contributed by atoms with van der Waals surface area (Å²) in [5.41, 5.74) is 0. The van der Waals surface area contributed by atoms with Crippen molar-refractivity contribution in [3.63, 3.8) is 0 Å². The first-order valence-corrected chi connectivity index (χ1v) is 11.6. The van der Waals surface area contributed by atoms with Crippen molar-refractivity contribution < 1.29 is 0 Å². The molecule has 0 bridgehead atoms. The SMILES string of the molecule is CCCCP(=[Te])(CCCC)c1ccccc1. The van der Waals surface area contributed by atoms with Crippen LogP contribution in [0.15, 0.2) is 30.3 Å². The van der Waals surface area contributed by atoms with Gasteiger partial charge in [-0.1, -0.05) is 0 Å². The fraction of sp³-hybridized carbons (Fsp3) is 0.571. The van der Waals surface area contributed by atoms with Crippen molar-refractivity contribution in [3.05, 3.63) is 30.3 Å². The molecular weight excluding hydrogens is 327 g/mol. The topological polar surface area (TPSA) is 0 Å².